The normalized spacial score (nSPS) is 16.5. The van der Waals surface area contributed by atoms with Gasteiger partial charge in [0.05, 0.1) is 0 Å². The van der Waals surface area contributed by atoms with Gasteiger partial charge in [0.2, 0.25) is 0 Å². The van der Waals surface area contributed by atoms with Crippen molar-refractivity contribution in [3.8, 4) is 0 Å². The van der Waals surface area contributed by atoms with Gasteiger partial charge in [-0.3, -0.25) is 4.90 Å². The monoisotopic (exact) mass is 350 g/mol. The maximum atomic E-state index is 6.28. The Kier molecular flexibility index (Phi) is 9.59. The van der Waals surface area contributed by atoms with Crippen LogP contribution in [0.25, 0.3) is 0 Å². The SMILES string of the molecule is C=C(C)C[C@@H](c1ccc(C)c(Cl)c1)N1CCNCC1.Cl.Cl. The maximum Gasteiger partial charge on any atom is 0.0438 e. The van der Waals surface area contributed by atoms with E-state index in [4.69, 9.17) is 11.6 Å². The molecule has 0 unspecified atom stereocenters. The van der Waals surface area contributed by atoms with E-state index in [0.717, 1.165) is 43.2 Å². The van der Waals surface area contributed by atoms with E-state index < -0.39 is 0 Å². The number of nitrogens with zero attached hydrogens (tertiary/aromatic N) is 1. The molecule has 0 saturated carbocycles. The molecule has 1 atom stereocenters. The van der Waals surface area contributed by atoms with Gasteiger partial charge in [0.25, 0.3) is 0 Å². The Bertz CT molecular complexity index is 457. The summed E-state index contributed by atoms with van der Waals surface area (Å²) < 4.78 is 0. The zero-order chi connectivity index (χ0) is 13.8. The molecule has 1 N–H and O–H groups in total. The number of halogens is 3. The highest BCUT2D eigenvalue weighted by atomic mass is 35.5. The first-order chi connectivity index (χ1) is 9.08. The van der Waals surface area contributed by atoms with E-state index in [2.05, 4.69) is 41.9 Å². The Balaban J connectivity index is 0.00000200. The van der Waals surface area contributed by atoms with Gasteiger partial charge in [-0.2, -0.15) is 0 Å². The summed E-state index contributed by atoms with van der Waals surface area (Å²) >= 11 is 6.28. The number of rotatable bonds is 4. The highest BCUT2D eigenvalue weighted by Crippen LogP contribution is 2.30. The first-order valence-corrected chi connectivity index (χ1v) is 7.31. The van der Waals surface area contributed by atoms with Crippen molar-refractivity contribution in [1.82, 2.24) is 10.2 Å². The molecule has 1 aliphatic heterocycles. The molecule has 0 aromatic heterocycles. The molecule has 5 heteroatoms. The van der Waals surface area contributed by atoms with E-state index in [-0.39, 0.29) is 24.8 Å². The second-order valence-corrected chi connectivity index (χ2v) is 5.88. The van der Waals surface area contributed by atoms with Gasteiger partial charge in [0.15, 0.2) is 0 Å². The van der Waals surface area contributed by atoms with Crippen LogP contribution < -0.4 is 5.32 Å². The van der Waals surface area contributed by atoms with Crippen molar-refractivity contribution >= 4 is 36.4 Å². The largest absolute Gasteiger partial charge is 0.314 e. The Labute approximate surface area is 145 Å². The first kappa shape index (κ1) is 20.8. The van der Waals surface area contributed by atoms with Crippen LogP contribution in [0.1, 0.15) is 30.5 Å². The summed E-state index contributed by atoms with van der Waals surface area (Å²) in [6, 6.07) is 6.84. The molecule has 1 aliphatic rings. The molecule has 1 aromatic carbocycles. The summed E-state index contributed by atoms with van der Waals surface area (Å²) in [6.45, 7) is 12.5. The molecule has 0 radical (unpaired) electrons. The highest BCUT2D eigenvalue weighted by molar-refractivity contribution is 6.31. The van der Waals surface area contributed by atoms with Crippen LogP contribution in [0.2, 0.25) is 5.02 Å². The number of piperazine rings is 1. The Morgan fingerprint density at radius 3 is 2.48 bits per heavy atom. The van der Waals surface area contributed by atoms with E-state index in [1.807, 2.05) is 6.92 Å². The van der Waals surface area contributed by atoms with Gasteiger partial charge in [-0.1, -0.05) is 29.3 Å². The van der Waals surface area contributed by atoms with E-state index in [0.29, 0.717) is 6.04 Å². The summed E-state index contributed by atoms with van der Waals surface area (Å²) in [6.07, 6.45) is 0.999. The third-order valence-electron chi connectivity index (χ3n) is 3.71. The van der Waals surface area contributed by atoms with Crippen molar-refractivity contribution in [2.24, 2.45) is 0 Å². The Morgan fingerprint density at radius 2 is 1.95 bits per heavy atom. The van der Waals surface area contributed by atoms with Gasteiger partial charge >= 0.3 is 0 Å². The van der Waals surface area contributed by atoms with Gasteiger partial charge in [0.1, 0.15) is 0 Å². The first-order valence-electron chi connectivity index (χ1n) is 6.93. The number of benzene rings is 1. The van der Waals surface area contributed by atoms with Crippen molar-refractivity contribution in [2.45, 2.75) is 26.3 Å². The number of nitrogens with one attached hydrogen (secondary N) is 1. The minimum Gasteiger partial charge on any atom is -0.314 e. The second kappa shape index (κ2) is 9.70. The van der Waals surface area contributed by atoms with Crippen molar-refractivity contribution in [3.05, 3.63) is 46.5 Å². The smallest absolute Gasteiger partial charge is 0.0438 e. The highest BCUT2D eigenvalue weighted by Gasteiger charge is 2.22. The molecule has 2 nitrogen and oxygen atoms in total. The topological polar surface area (TPSA) is 15.3 Å². The second-order valence-electron chi connectivity index (χ2n) is 5.47. The molecule has 1 saturated heterocycles. The van der Waals surface area contributed by atoms with Crippen LogP contribution in [-0.4, -0.2) is 31.1 Å². The van der Waals surface area contributed by atoms with Crippen LogP contribution in [0.3, 0.4) is 0 Å². The van der Waals surface area contributed by atoms with E-state index in [1.165, 1.54) is 11.1 Å². The van der Waals surface area contributed by atoms with Crippen LogP contribution in [0, 0.1) is 6.92 Å². The van der Waals surface area contributed by atoms with Crippen molar-refractivity contribution in [2.75, 3.05) is 26.2 Å². The molecule has 21 heavy (non-hydrogen) atoms. The Morgan fingerprint density at radius 1 is 1.33 bits per heavy atom. The Hall–Kier alpha value is -0.250. The summed E-state index contributed by atoms with van der Waals surface area (Å²) in [4.78, 5) is 2.53. The van der Waals surface area contributed by atoms with E-state index in [9.17, 15) is 0 Å². The molecule has 120 valence electrons. The minimum atomic E-state index is 0. The predicted octanol–water partition coefficient (Wildman–Crippen LogP) is 4.40. The zero-order valence-corrected chi connectivity index (χ0v) is 15.1. The number of hydrogen-bond donors (Lipinski definition) is 1. The standard InChI is InChI=1S/C16H23ClN2.2ClH/c1-12(2)10-16(19-8-6-18-7-9-19)14-5-4-13(3)15(17)11-14;;/h4-5,11,16,18H,1,6-10H2,2-3H3;2*1H/t16-;;/m0../s1. The average molecular weight is 352 g/mol. The fourth-order valence-electron chi connectivity index (χ4n) is 2.60. The van der Waals surface area contributed by atoms with Crippen LogP contribution in [0.15, 0.2) is 30.4 Å². The minimum absolute atomic E-state index is 0. The lowest BCUT2D eigenvalue weighted by molar-refractivity contribution is 0.172. The fraction of sp³-hybridized carbons (Fsp3) is 0.500. The third-order valence-corrected chi connectivity index (χ3v) is 4.12. The van der Waals surface area contributed by atoms with Crippen LogP contribution in [0.5, 0.6) is 0 Å². The van der Waals surface area contributed by atoms with Crippen molar-refractivity contribution in [1.29, 1.82) is 0 Å². The lowest BCUT2D eigenvalue weighted by atomic mass is 9.97. The van der Waals surface area contributed by atoms with Crippen molar-refractivity contribution in [3.63, 3.8) is 0 Å². The number of hydrogen-bond acceptors (Lipinski definition) is 2. The van der Waals surface area contributed by atoms with E-state index >= 15 is 0 Å². The fourth-order valence-corrected chi connectivity index (χ4v) is 2.79. The lowest BCUT2D eigenvalue weighted by Gasteiger charge is -2.35. The van der Waals surface area contributed by atoms with Gasteiger partial charge in [0, 0.05) is 37.2 Å². The van der Waals surface area contributed by atoms with Gasteiger partial charge < -0.3 is 5.32 Å². The molecule has 0 aliphatic carbocycles. The molecule has 0 bridgehead atoms. The van der Waals surface area contributed by atoms with Crippen LogP contribution in [0.4, 0.5) is 0 Å². The molecule has 1 fully saturated rings. The molecule has 1 aromatic rings. The zero-order valence-electron chi connectivity index (χ0n) is 12.7. The van der Waals surface area contributed by atoms with Crippen molar-refractivity contribution < 1.29 is 0 Å². The van der Waals surface area contributed by atoms with Crippen LogP contribution in [-0.2, 0) is 0 Å². The van der Waals surface area contributed by atoms with Gasteiger partial charge in [-0.25, -0.2) is 0 Å². The molecule has 0 spiro atoms. The summed E-state index contributed by atoms with van der Waals surface area (Å²) in [5.74, 6) is 0. The van der Waals surface area contributed by atoms with E-state index in [1.54, 1.807) is 0 Å². The number of aryl methyl sites for hydroxylation is 1. The van der Waals surface area contributed by atoms with Gasteiger partial charge in [-0.05, 0) is 37.5 Å². The third kappa shape index (κ3) is 5.80. The molecule has 2 rings (SSSR count). The average Bonchev–Trinajstić information content (AvgIpc) is 2.40. The predicted molar refractivity (Wildman–Crippen MR) is 97.3 cm³/mol. The summed E-state index contributed by atoms with van der Waals surface area (Å²) in [7, 11) is 0. The summed E-state index contributed by atoms with van der Waals surface area (Å²) in [5.41, 5.74) is 3.67. The molecule has 1 heterocycles. The summed E-state index contributed by atoms with van der Waals surface area (Å²) in [5, 5.41) is 4.27. The lowest BCUT2D eigenvalue weighted by Crippen LogP contribution is -2.45. The quantitative estimate of drug-likeness (QED) is 0.809. The van der Waals surface area contributed by atoms with Crippen LogP contribution >= 0.6 is 36.4 Å². The molecule has 0 amide bonds. The van der Waals surface area contributed by atoms with Gasteiger partial charge in [-0.15, -0.1) is 31.4 Å². The molecular weight excluding hydrogens is 327 g/mol. The maximum absolute atomic E-state index is 6.28. The molecular formula is C16H25Cl3N2.